The van der Waals surface area contributed by atoms with Gasteiger partial charge in [-0.1, -0.05) is 53.6 Å². The highest BCUT2D eigenvalue weighted by Gasteiger charge is 2.56. The van der Waals surface area contributed by atoms with E-state index in [-0.39, 0.29) is 63.1 Å². The van der Waals surface area contributed by atoms with Crippen molar-refractivity contribution in [2.45, 2.75) is 187 Å². The lowest BCUT2D eigenvalue weighted by molar-refractivity contribution is -0.296. The standard InChI is InChI=1S/C51H78FN7O11S/c1-14-38-51(11,65)35-19-18-34(58-67-25-33-17-16-32(23-54-33)46-56-39(26-71-46)55-45(63)36(53)20-27(3)4)24-66-49(9,22-28(5)41(30(35)7)57-40(60)15-2)44(31(8)43(62)50(10,52)48(64)69-38)70-47-42(61)37(59(12)13)21-29(6)68-47/h16-17,23,26-31,35-38,42,44,47,61,65H,14-15,18-22,24-25,53H2,1-13H3,(H,55,63)/b57-41?,58-34+/t28-,29-,30-,31?,35-,36+,37+,38-,42-,44-,47+,49-,50+,51+/m1/s1. The van der Waals surface area contributed by atoms with Gasteiger partial charge in [-0.05, 0) is 110 Å². The first-order valence-electron chi connectivity index (χ1n) is 25.0. The SMILES string of the molecule is CCC(=O)N=C1[C@H](C)C[C@@]2(C)OC/C(=N/OCc3ccc(-c4nc(NC(=O)[C@@H](N)CC(C)C)cs4)cn3)CC[C@H]([C@H]1C)[C@](C)(O)[C@@H](CC)OC(=O)[C@@](C)(F)C(=O)C(C)[C@H]2O[C@@H]1O[C@H](C)C[C@H](N(C)C)[C@H]1O. The fraction of sp³-hybridized carbons (Fsp3) is 0.725. The van der Waals surface area contributed by atoms with E-state index < -0.39 is 95.1 Å². The number of esters is 1. The number of rotatable bonds is 13. The number of carbonyl (C=O) groups is 4. The van der Waals surface area contributed by atoms with Crippen LogP contribution in [0.2, 0.25) is 0 Å². The zero-order valence-electron chi connectivity index (χ0n) is 43.8. The lowest BCUT2D eigenvalue weighted by atomic mass is 9.68. The number of alkyl halides is 1. The normalized spacial score (nSPS) is 35.1. The number of nitrogens with zero attached hydrogens (tertiary/aromatic N) is 5. The lowest BCUT2D eigenvalue weighted by Gasteiger charge is -2.48. The van der Waals surface area contributed by atoms with Crippen molar-refractivity contribution < 1.29 is 57.6 Å². The maximum atomic E-state index is 17.1. The maximum absolute atomic E-state index is 17.1. The van der Waals surface area contributed by atoms with Crippen LogP contribution in [-0.4, -0.2) is 140 Å². The summed E-state index contributed by atoms with van der Waals surface area (Å²) in [6.45, 7) is 18.2. The molecule has 2 bridgehead atoms. The minimum atomic E-state index is -3.21. The second-order valence-electron chi connectivity index (χ2n) is 21.0. The molecule has 0 aromatic carbocycles. The van der Waals surface area contributed by atoms with Crippen LogP contribution in [0, 0.1) is 29.6 Å². The van der Waals surface area contributed by atoms with Gasteiger partial charge >= 0.3 is 5.97 Å². The van der Waals surface area contributed by atoms with Crippen LogP contribution in [0.5, 0.6) is 0 Å². The van der Waals surface area contributed by atoms with Crippen LogP contribution < -0.4 is 11.1 Å². The summed E-state index contributed by atoms with van der Waals surface area (Å²) in [6.07, 6.45) is -2.41. The summed E-state index contributed by atoms with van der Waals surface area (Å²) in [5.74, 6) is -6.10. The van der Waals surface area contributed by atoms with Gasteiger partial charge in [0, 0.05) is 47.2 Å². The number of fused-ring (bicyclic) bond motifs is 5. The Kier molecular flexibility index (Phi) is 19.7. The van der Waals surface area contributed by atoms with Crippen molar-refractivity contribution in [3.05, 3.63) is 29.4 Å². The van der Waals surface area contributed by atoms with Gasteiger partial charge in [-0.25, -0.2) is 19.2 Å². The number of aliphatic hydroxyl groups excluding tert-OH is 1. The van der Waals surface area contributed by atoms with Crippen LogP contribution in [0.15, 0.2) is 33.9 Å². The summed E-state index contributed by atoms with van der Waals surface area (Å²) in [5, 5.41) is 34.1. The molecular formula is C51H78FN7O11S. The van der Waals surface area contributed by atoms with E-state index in [2.05, 4.69) is 25.4 Å². The number of hydrogen-bond donors (Lipinski definition) is 4. The van der Waals surface area contributed by atoms with Crippen LogP contribution in [0.25, 0.3) is 10.6 Å². The predicted octanol–water partition coefficient (Wildman–Crippen LogP) is 6.45. The Morgan fingerprint density at radius 1 is 1.11 bits per heavy atom. The number of hydrogen-bond acceptors (Lipinski definition) is 17. The van der Waals surface area contributed by atoms with Crippen LogP contribution >= 0.6 is 11.3 Å². The fourth-order valence-electron chi connectivity index (χ4n) is 10.3. The van der Waals surface area contributed by atoms with Gasteiger partial charge in [0.2, 0.25) is 11.8 Å². The summed E-state index contributed by atoms with van der Waals surface area (Å²) >= 11 is 1.34. The predicted molar refractivity (Wildman–Crippen MR) is 268 cm³/mol. The number of cyclic esters (lactones) is 1. The highest BCUT2D eigenvalue weighted by molar-refractivity contribution is 7.13. The fourth-order valence-corrected chi connectivity index (χ4v) is 11.0. The number of aliphatic imine (C=N–C) groups is 1. The van der Waals surface area contributed by atoms with E-state index >= 15 is 4.39 Å². The molecule has 2 aromatic rings. The Bertz CT molecular complexity index is 2220. The number of oxime groups is 1. The molecule has 2 amide bonds. The minimum absolute atomic E-state index is 0.0352. The molecule has 0 radical (unpaired) electrons. The molecule has 20 heteroatoms. The molecule has 5 heterocycles. The molecule has 71 heavy (non-hydrogen) atoms. The van der Waals surface area contributed by atoms with Crippen molar-refractivity contribution in [3.63, 3.8) is 0 Å². The molecule has 3 aliphatic heterocycles. The third-order valence-corrected chi connectivity index (χ3v) is 15.2. The molecule has 18 nitrogen and oxygen atoms in total. The average molecular weight is 1020 g/mol. The summed E-state index contributed by atoms with van der Waals surface area (Å²) in [4.78, 5) is 76.1. The number of ketones is 1. The van der Waals surface area contributed by atoms with Crippen LogP contribution in [0.4, 0.5) is 10.2 Å². The van der Waals surface area contributed by atoms with E-state index in [4.69, 9.17) is 29.5 Å². The van der Waals surface area contributed by atoms with E-state index in [0.29, 0.717) is 46.3 Å². The van der Waals surface area contributed by atoms with Gasteiger partial charge in [-0.2, -0.15) is 0 Å². The molecule has 3 aliphatic rings. The smallest absolute Gasteiger partial charge is 0.351 e. The van der Waals surface area contributed by atoms with Gasteiger partial charge in [0.05, 0.1) is 41.9 Å². The number of anilines is 1. The van der Waals surface area contributed by atoms with Gasteiger partial charge in [0.25, 0.3) is 5.67 Å². The van der Waals surface area contributed by atoms with Crippen molar-refractivity contribution in [3.8, 4) is 10.6 Å². The van der Waals surface area contributed by atoms with Gasteiger partial charge in [-0.15, -0.1) is 11.3 Å². The molecule has 5 rings (SSSR count). The van der Waals surface area contributed by atoms with E-state index in [1.807, 2.05) is 59.7 Å². The first-order valence-corrected chi connectivity index (χ1v) is 25.8. The number of amides is 2. The molecule has 3 fully saturated rings. The summed E-state index contributed by atoms with van der Waals surface area (Å²) in [6, 6.07) is 2.53. The number of likely N-dealkylation sites (N-methyl/N-ethyl adjacent to an activating group) is 1. The number of Topliss-reactive ketones (excluding diaryl/α,β-unsaturated/α-hetero) is 1. The molecule has 5 N–H and O–H groups in total. The van der Waals surface area contributed by atoms with Crippen molar-refractivity contribution in [1.29, 1.82) is 0 Å². The van der Waals surface area contributed by atoms with Crippen molar-refractivity contribution >= 4 is 52.1 Å². The average Bonchev–Trinajstić information content (AvgIpc) is 3.77. The number of aromatic nitrogens is 2. The van der Waals surface area contributed by atoms with E-state index in [1.165, 1.54) is 25.2 Å². The quantitative estimate of drug-likeness (QED) is 0.0957. The molecule has 0 saturated carbocycles. The minimum Gasteiger partial charge on any atom is -0.457 e. The number of nitrogens with one attached hydrogen (secondary N) is 1. The third kappa shape index (κ3) is 13.9. The number of halogens is 1. The largest absolute Gasteiger partial charge is 0.457 e. The zero-order valence-corrected chi connectivity index (χ0v) is 44.6. The van der Waals surface area contributed by atoms with Crippen LogP contribution in [0.3, 0.4) is 0 Å². The number of pyridine rings is 1. The molecule has 0 spiro atoms. The first kappa shape index (κ1) is 57.7. The topological polar surface area (TPSA) is 247 Å². The van der Waals surface area contributed by atoms with Crippen LogP contribution in [-0.2, 0) is 49.6 Å². The summed E-state index contributed by atoms with van der Waals surface area (Å²) < 4.78 is 42.8. The lowest BCUT2D eigenvalue weighted by Crippen LogP contribution is -2.61. The Balaban J connectivity index is 1.57. The summed E-state index contributed by atoms with van der Waals surface area (Å²) in [7, 11) is 3.64. The van der Waals surface area contributed by atoms with Crippen LogP contribution in [0.1, 0.15) is 127 Å². The number of carbonyl (C=O) groups excluding carboxylic acids is 4. The van der Waals surface area contributed by atoms with E-state index in [1.54, 1.807) is 38.4 Å². The number of aliphatic hydroxyl groups is 2. The van der Waals surface area contributed by atoms with Gasteiger partial charge < -0.3 is 49.9 Å². The molecule has 396 valence electrons. The Morgan fingerprint density at radius 3 is 2.44 bits per heavy atom. The Morgan fingerprint density at radius 2 is 1.82 bits per heavy atom. The number of thiazole rings is 1. The molecule has 2 aromatic heterocycles. The van der Waals surface area contributed by atoms with Gasteiger partial charge in [-0.3, -0.25) is 19.4 Å². The highest BCUT2D eigenvalue weighted by Crippen LogP contribution is 2.43. The molecular weight excluding hydrogens is 938 g/mol. The van der Waals surface area contributed by atoms with Crippen molar-refractivity contribution in [2.75, 3.05) is 26.0 Å². The van der Waals surface area contributed by atoms with Crippen molar-refractivity contribution in [2.24, 2.45) is 45.5 Å². The highest BCUT2D eigenvalue weighted by atomic mass is 32.1. The number of nitrogens with two attached hydrogens (primary N) is 1. The van der Waals surface area contributed by atoms with E-state index in [0.717, 1.165) is 6.92 Å². The number of ether oxygens (including phenoxy) is 4. The second-order valence-corrected chi connectivity index (χ2v) is 21.8. The molecule has 1 unspecified atom stereocenters. The molecule has 14 atom stereocenters. The summed E-state index contributed by atoms with van der Waals surface area (Å²) in [5.41, 5.74) is 1.52. The van der Waals surface area contributed by atoms with E-state index in [9.17, 15) is 29.4 Å². The monoisotopic (exact) mass is 1020 g/mol. The molecule has 0 aliphatic carbocycles. The van der Waals surface area contributed by atoms with Crippen molar-refractivity contribution in [1.82, 2.24) is 14.9 Å². The third-order valence-electron chi connectivity index (χ3n) is 14.3. The maximum Gasteiger partial charge on any atom is 0.351 e. The first-order chi connectivity index (χ1) is 33.2. The second kappa shape index (κ2) is 24.3. The van der Waals surface area contributed by atoms with Gasteiger partial charge in [0.1, 0.15) is 28.6 Å². The zero-order chi connectivity index (χ0) is 52.7. The Hall–Kier alpha value is -4.15. The Labute approximate surface area is 422 Å². The molecule has 3 saturated heterocycles. The van der Waals surface area contributed by atoms with Gasteiger partial charge in [0.15, 0.2) is 18.7 Å².